The molecular formula is C12H18N2O2. The van der Waals surface area contributed by atoms with Gasteiger partial charge in [-0.25, -0.2) is 4.79 Å². The van der Waals surface area contributed by atoms with E-state index in [-0.39, 0.29) is 0 Å². The molecule has 0 spiro atoms. The smallest absolute Gasteiger partial charge is 0.411 e. The van der Waals surface area contributed by atoms with Crippen LogP contribution in [0.5, 0.6) is 0 Å². The van der Waals surface area contributed by atoms with Crippen LogP contribution < -0.4 is 10.6 Å². The summed E-state index contributed by atoms with van der Waals surface area (Å²) in [5, 5.41) is 5.89. The van der Waals surface area contributed by atoms with Crippen LogP contribution in [0.3, 0.4) is 0 Å². The zero-order valence-electron chi connectivity index (χ0n) is 9.91. The highest BCUT2D eigenvalue weighted by atomic mass is 16.5. The minimum Gasteiger partial charge on any atom is -0.453 e. The lowest BCUT2D eigenvalue weighted by Gasteiger charge is -2.09. The number of hydrogen-bond acceptors (Lipinski definition) is 3. The second-order valence-corrected chi connectivity index (χ2v) is 3.97. The molecule has 0 bridgehead atoms. The summed E-state index contributed by atoms with van der Waals surface area (Å²) in [6, 6.07) is 7.51. The molecule has 0 aliphatic carbocycles. The van der Waals surface area contributed by atoms with Gasteiger partial charge < -0.3 is 10.1 Å². The zero-order chi connectivity index (χ0) is 12.0. The SMILES string of the molecule is COC(=O)Nc1ccc(NCC(C)C)cc1. The number of methoxy groups -OCH3 is 1. The molecule has 0 fully saturated rings. The van der Waals surface area contributed by atoms with Crippen LogP contribution >= 0.6 is 0 Å². The summed E-state index contributed by atoms with van der Waals surface area (Å²) >= 11 is 0. The van der Waals surface area contributed by atoms with Crippen molar-refractivity contribution < 1.29 is 9.53 Å². The minimum absolute atomic E-state index is 0.456. The van der Waals surface area contributed by atoms with Crippen LogP contribution in [0.4, 0.5) is 16.2 Å². The van der Waals surface area contributed by atoms with E-state index in [4.69, 9.17) is 0 Å². The molecule has 0 unspecified atom stereocenters. The Bertz CT molecular complexity index is 333. The molecule has 88 valence electrons. The van der Waals surface area contributed by atoms with Crippen molar-refractivity contribution in [3.8, 4) is 0 Å². The molecule has 4 nitrogen and oxygen atoms in total. The number of nitrogens with one attached hydrogen (secondary N) is 2. The Kier molecular flexibility index (Phi) is 4.64. The lowest BCUT2D eigenvalue weighted by atomic mass is 10.2. The molecule has 0 aromatic heterocycles. The summed E-state index contributed by atoms with van der Waals surface area (Å²) in [6.45, 7) is 5.24. The highest BCUT2D eigenvalue weighted by molar-refractivity contribution is 5.84. The van der Waals surface area contributed by atoms with E-state index >= 15 is 0 Å². The van der Waals surface area contributed by atoms with Crippen molar-refractivity contribution in [1.82, 2.24) is 0 Å². The lowest BCUT2D eigenvalue weighted by Crippen LogP contribution is -2.11. The molecular weight excluding hydrogens is 204 g/mol. The van der Waals surface area contributed by atoms with Crippen molar-refractivity contribution in [1.29, 1.82) is 0 Å². The van der Waals surface area contributed by atoms with E-state index in [0.717, 1.165) is 17.9 Å². The van der Waals surface area contributed by atoms with Gasteiger partial charge in [-0.3, -0.25) is 5.32 Å². The van der Waals surface area contributed by atoms with Gasteiger partial charge in [0.05, 0.1) is 7.11 Å². The van der Waals surface area contributed by atoms with Crippen LogP contribution in [0.15, 0.2) is 24.3 Å². The Morgan fingerprint density at radius 3 is 2.31 bits per heavy atom. The molecule has 1 rings (SSSR count). The first-order valence-corrected chi connectivity index (χ1v) is 5.30. The predicted molar refractivity (Wildman–Crippen MR) is 65.8 cm³/mol. The Morgan fingerprint density at radius 1 is 1.25 bits per heavy atom. The summed E-state index contributed by atoms with van der Waals surface area (Å²) in [5.41, 5.74) is 1.77. The maximum absolute atomic E-state index is 10.9. The number of amides is 1. The van der Waals surface area contributed by atoms with E-state index in [1.165, 1.54) is 7.11 Å². The van der Waals surface area contributed by atoms with E-state index in [1.54, 1.807) is 0 Å². The van der Waals surface area contributed by atoms with Gasteiger partial charge >= 0.3 is 6.09 Å². The monoisotopic (exact) mass is 222 g/mol. The molecule has 16 heavy (non-hydrogen) atoms. The largest absolute Gasteiger partial charge is 0.453 e. The molecule has 0 saturated heterocycles. The van der Waals surface area contributed by atoms with Crippen LogP contribution in [0.1, 0.15) is 13.8 Å². The standard InChI is InChI=1S/C12H18N2O2/c1-9(2)8-13-10-4-6-11(7-5-10)14-12(15)16-3/h4-7,9,13H,8H2,1-3H3,(H,14,15). The summed E-state index contributed by atoms with van der Waals surface area (Å²) < 4.78 is 4.50. The van der Waals surface area contributed by atoms with E-state index in [2.05, 4.69) is 29.2 Å². The fourth-order valence-corrected chi connectivity index (χ4v) is 1.16. The van der Waals surface area contributed by atoms with Crippen LogP contribution in [0.25, 0.3) is 0 Å². The summed E-state index contributed by atoms with van der Waals surface area (Å²) in [6.07, 6.45) is -0.456. The fourth-order valence-electron chi connectivity index (χ4n) is 1.16. The van der Waals surface area contributed by atoms with Crippen LogP contribution in [0, 0.1) is 5.92 Å². The Labute approximate surface area is 96.0 Å². The van der Waals surface area contributed by atoms with E-state index in [9.17, 15) is 4.79 Å². The van der Waals surface area contributed by atoms with Gasteiger partial charge in [0.25, 0.3) is 0 Å². The molecule has 1 aromatic rings. The second kappa shape index (κ2) is 6.00. The number of carbonyl (C=O) groups excluding carboxylic acids is 1. The number of ether oxygens (including phenoxy) is 1. The molecule has 0 aliphatic rings. The third-order valence-corrected chi connectivity index (χ3v) is 2.03. The topological polar surface area (TPSA) is 50.4 Å². The number of rotatable bonds is 4. The van der Waals surface area contributed by atoms with Gasteiger partial charge in [-0.1, -0.05) is 13.8 Å². The summed E-state index contributed by atoms with van der Waals surface area (Å²) in [7, 11) is 1.34. The molecule has 0 heterocycles. The van der Waals surface area contributed by atoms with Gasteiger partial charge in [0.15, 0.2) is 0 Å². The number of benzene rings is 1. The average Bonchev–Trinajstić information content (AvgIpc) is 2.28. The van der Waals surface area contributed by atoms with E-state index in [0.29, 0.717) is 5.92 Å². The van der Waals surface area contributed by atoms with E-state index < -0.39 is 6.09 Å². The highest BCUT2D eigenvalue weighted by Crippen LogP contribution is 2.14. The van der Waals surface area contributed by atoms with Gasteiger partial charge in [-0.05, 0) is 30.2 Å². The van der Waals surface area contributed by atoms with Gasteiger partial charge in [0, 0.05) is 17.9 Å². The molecule has 4 heteroatoms. The first kappa shape index (κ1) is 12.4. The van der Waals surface area contributed by atoms with Crippen LogP contribution in [-0.2, 0) is 4.74 Å². The maximum atomic E-state index is 10.9. The zero-order valence-corrected chi connectivity index (χ0v) is 9.91. The molecule has 1 amide bonds. The molecule has 0 atom stereocenters. The quantitative estimate of drug-likeness (QED) is 0.823. The van der Waals surface area contributed by atoms with Crippen LogP contribution in [0.2, 0.25) is 0 Å². The van der Waals surface area contributed by atoms with Gasteiger partial charge in [-0.2, -0.15) is 0 Å². The molecule has 0 radical (unpaired) electrons. The Hall–Kier alpha value is -1.71. The van der Waals surface area contributed by atoms with Crippen molar-refractivity contribution in [2.24, 2.45) is 5.92 Å². The van der Waals surface area contributed by atoms with Crippen molar-refractivity contribution in [2.45, 2.75) is 13.8 Å². The van der Waals surface area contributed by atoms with Crippen molar-refractivity contribution >= 4 is 17.5 Å². The summed E-state index contributed by atoms with van der Waals surface area (Å²) in [4.78, 5) is 10.9. The molecule has 2 N–H and O–H groups in total. The van der Waals surface area contributed by atoms with Gasteiger partial charge in [0.2, 0.25) is 0 Å². The molecule has 0 saturated carbocycles. The maximum Gasteiger partial charge on any atom is 0.411 e. The predicted octanol–water partition coefficient (Wildman–Crippen LogP) is 2.93. The van der Waals surface area contributed by atoms with Crippen LogP contribution in [-0.4, -0.2) is 19.7 Å². The number of hydrogen-bond donors (Lipinski definition) is 2. The highest BCUT2D eigenvalue weighted by Gasteiger charge is 2.00. The van der Waals surface area contributed by atoms with Crippen molar-refractivity contribution in [3.63, 3.8) is 0 Å². The van der Waals surface area contributed by atoms with Gasteiger partial charge in [0.1, 0.15) is 0 Å². The number of anilines is 2. The molecule has 0 aliphatic heterocycles. The van der Waals surface area contributed by atoms with E-state index in [1.807, 2.05) is 24.3 Å². The third kappa shape index (κ3) is 4.21. The van der Waals surface area contributed by atoms with Crippen molar-refractivity contribution in [2.75, 3.05) is 24.3 Å². The fraction of sp³-hybridized carbons (Fsp3) is 0.417. The first-order valence-electron chi connectivity index (χ1n) is 5.30. The average molecular weight is 222 g/mol. The number of carbonyl (C=O) groups is 1. The normalized spacial score (nSPS) is 10.0. The van der Waals surface area contributed by atoms with Gasteiger partial charge in [-0.15, -0.1) is 0 Å². The summed E-state index contributed by atoms with van der Waals surface area (Å²) in [5.74, 6) is 0.605. The third-order valence-electron chi connectivity index (χ3n) is 2.03. The van der Waals surface area contributed by atoms with Crippen molar-refractivity contribution in [3.05, 3.63) is 24.3 Å². The second-order valence-electron chi connectivity index (χ2n) is 3.97. The Morgan fingerprint density at radius 2 is 1.81 bits per heavy atom. The first-order chi connectivity index (χ1) is 7.61. The lowest BCUT2D eigenvalue weighted by molar-refractivity contribution is 0.187. The Balaban J connectivity index is 2.51. The molecule has 1 aromatic carbocycles. The minimum atomic E-state index is -0.456.